The minimum absolute atomic E-state index is 0.243. The molecule has 0 aliphatic rings. The molecule has 0 aliphatic carbocycles. The largest absolute Gasteiger partial charge is 0.507 e. The number of aromatic hydroxyl groups is 4. The second-order valence-corrected chi connectivity index (χ2v) is 30.1. The average molecular weight is 1730 g/mol. The van der Waals surface area contributed by atoms with Crippen molar-refractivity contribution in [2.24, 2.45) is 0 Å². The van der Waals surface area contributed by atoms with Gasteiger partial charge in [-0.2, -0.15) is 0 Å². The highest BCUT2D eigenvalue weighted by Crippen LogP contribution is 2.40. The summed E-state index contributed by atoms with van der Waals surface area (Å²) in [5.41, 5.74) is 28.2. The van der Waals surface area contributed by atoms with Crippen LogP contribution in [-0.4, -0.2) is 86.9 Å². The molecule has 660 valence electrons. The van der Waals surface area contributed by atoms with Crippen molar-refractivity contribution in [2.45, 2.75) is 80.6 Å². The predicted octanol–water partition coefficient (Wildman–Crippen LogP) is 26.0. The van der Waals surface area contributed by atoms with Crippen LogP contribution in [0, 0.1) is 41.5 Å². The first-order valence-corrected chi connectivity index (χ1v) is 41.5. The molecule has 12 aromatic rings. The third-order valence-electron chi connectivity index (χ3n) is 20.5. The first kappa shape index (κ1) is 101. The van der Waals surface area contributed by atoms with Crippen molar-refractivity contribution in [1.29, 1.82) is 0 Å². The van der Waals surface area contributed by atoms with Gasteiger partial charge in [0.05, 0.1) is 0 Å². The van der Waals surface area contributed by atoms with E-state index in [1.165, 1.54) is 52.6 Å². The molecule has 12 rings (SSSR count). The topological polar surface area (TPSA) is 305 Å². The molecule has 0 radical (unpaired) electrons. The predicted molar refractivity (Wildman–Crippen MR) is 530 cm³/mol. The first-order valence-electron chi connectivity index (χ1n) is 41.5. The monoisotopic (exact) mass is 1730 g/mol. The molecular formula is C114H108O16. The highest BCUT2D eigenvalue weighted by molar-refractivity contribution is 5.90. The number of aliphatic carboxylic acids is 6. The van der Waals surface area contributed by atoms with Gasteiger partial charge in [-0.1, -0.05) is 249 Å². The summed E-state index contributed by atoms with van der Waals surface area (Å²) in [5, 5.41) is 93.5. The summed E-state index contributed by atoms with van der Waals surface area (Å²) in [5.74, 6) is -4.77. The number of carboxylic acid groups (broad SMARTS) is 6. The van der Waals surface area contributed by atoms with Crippen molar-refractivity contribution in [3.63, 3.8) is 0 Å². The van der Waals surface area contributed by atoms with E-state index in [1.807, 2.05) is 270 Å². The van der Waals surface area contributed by atoms with Crippen LogP contribution in [0.3, 0.4) is 0 Å². The molecule has 0 unspecified atom stereocenters. The molecule has 12 aromatic carbocycles. The molecule has 0 saturated heterocycles. The van der Waals surface area contributed by atoms with Crippen LogP contribution < -0.4 is 0 Å². The van der Waals surface area contributed by atoms with E-state index in [2.05, 4.69) is 77.1 Å². The zero-order valence-corrected chi connectivity index (χ0v) is 73.9. The summed E-state index contributed by atoms with van der Waals surface area (Å²) in [6, 6.07) is 75.4. The summed E-state index contributed by atoms with van der Waals surface area (Å²) in [4.78, 5) is 63.5. The van der Waals surface area contributed by atoms with E-state index in [9.17, 15) is 49.2 Å². The Balaban J connectivity index is 0.000000213. The fourth-order valence-corrected chi connectivity index (χ4v) is 13.9. The van der Waals surface area contributed by atoms with Crippen molar-refractivity contribution < 1.29 is 79.8 Å². The van der Waals surface area contributed by atoms with Crippen LogP contribution in [0.25, 0.3) is 103 Å². The van der Waals surface area contributed by atoms with E-state index in [0.29, 0.717) is 12.0 Å². The molecule has 0 spiro atoms. The van der Waals surface area contributed by atoms with Crippen LogP contribution in [0.15, 0.2) is 348 Å². The minimum Gasteiger partial charge on any atom is -0.507 e. The van der Waals surface area contributed by atoms with Gasteiger partial charge in [-0.05, 0) is 286 Å². The molecule has 0 saturated carbocycles. The van der Waals surface area contributed by atoms with Crippen LogP contribution in [-0.2, 0) is 60.9 Å². The molecule has 16 heteroatoms. The molecule has 0 heterocycles. The Hall–Kier alpha value is -16.5. The van der Waals surface area contributed by atoms with Crippen LogP contribution in [0.2, 0.25) is 0 Å². The minimum atomic E-state index is -0.989. The zero-order valence-electron chi connectivity index (χ0n) is 73.9. The maximum atomic E-state index is 10.6. The van der Waals surface area contributed by atoms with Gasteiger partial charge in [0.2, 0.25) is 0 Å². The fourth-order valence-electron chi connectivity index (χ4n) is 13.9. The molecule has 0 aliphatic heterocycles. The van der Waals surface area contributed by atoms with Crippen molar-refractivity contribution in [3.8, 4) is 89.8 Å². The van der Waals surface area contributed by atoms with E-state index in [1.54, 1.807) is 19.1 Å². The standard InChI is InChI=1S/C20H20O2.4C19H18O3.C18H16O2/c1-4-6-18-14(2)9-11-19(15(18)3)17-8-5-7-16(13-17)10-12-20(21)22;1-3-5-15-9-10-17(19(22)13(15)2)16-7-4-6-14(12-16)8-11-18(20)21;1-3-5-15-10-13(2)19(22)17(12-15)16-7-4-6-14(11-16)8-9-18(20)21;1-3-4-15-10-11-17(19(22)13(15)2)16-8-5-14(6-9-16)7-12-18(20)21;1-3-4-15-11-13(2)19(22)17(12-15)16-8-5-14(6-9-16)7-10-18(20)21;1-14(13-18(19)20)11-12-16-9-5-6-10-17(16)15-7-3-2-4-8-15/h4-5,7-13H,1,6H2,2-3H3,(H,21,22);2*3-4,6-12,22H,1,5H2,2H3,(H,20,21);2*3,5-12,22H,1,4H2,2H3,(H,20,21);2-13H,1H3,(H,19,20)/b12-10+;11-8+;9-8+;12-7+;10-7+;12-11+,14-13+. The van der Waals surface area contributed by atoms with E-state index in [4.69, 9.17) is 30.6 Å². The SMILES string of the molecule is C=CCc1c(C)ccc(-c2cccc(/C=C/C(=O)O)c2)c1C.C=CCc1cc(C)c(O)c(-c2ccc(/C=C/C(=O)O)cc2)c1.C=CCc1cc(C)c(O)c(-c2cccc(/C=C/C(=O)O)c2)c1.C=CCc1ccc(-c2ccc(/C=C/C(=O)O)cc2)c(O)c1C.C=CCc1ccc(-c2cccc(/C=C/C(=O)O)c2)c(O)c1C.CC(/C=C/c1ccccc1-c1ccccc1)=C\C(=O)O. The van der Waals surface area contributed by atoms with Gasteiger partial charge in [0.25, 0.3) is 0 Å². The van der Waals surface area contributed by atoms with Crippen LogP contribution >= 0.6 is 0 Å². The number of carboxylic acids is 6. The third kappa shape index (κ3) is 31.3. The normalized spacial score (nSPS) is 10.9. The van der Waals surface area contributed by atoms with Gasteiger partial charge in [-0.15, -0.1) is 32.9 Å². The van der Waals surface area contributed by atoms with E-state index < -0.39 is 35.8 Å². The number of rotatable bonds is 29. The molecular weight excluding hydrogens is 1630 g/mol. The molecule has 16 nitrogen and oxygen atoms in total. The maximum Gasteiger partial charge on any atom is 0.328 e. The molecule has 0 amide bonds. The smallest absolute Gasteiger partial charge is 0.328 e. The first-order chi connectivity index (χ1) is 62.3. The Morgan fingerprint density at radius 2 is 0.615 bits per heavy atom. The van der Waals surface area contributed by atoms with Gasteiger partial charge in [-0.3, -0.25) is 0 Å². The lowest BCUT2D eigenvalue weighted by Crippen LogP contribution is -1.95. The number of phenolic OH excluding ortho intramolecular Hbond substituents is 4. The second kappa shape index (κ2) is 51.1. The van der Waals surface area contributed by atoms with Crippen molar-refractivity contribution in [2.75, 3.05) is 0 Å². The Kier molecular flexibility index (Phi) is 39.6. The van der Waals surface area contributed by atoms with E-state index in [0.717, 1.165) is 195 Å². The average Bonchev–Trinajstić information content (AvgIpc) is 0.829. The Morgan fingerprint density at radius 3 is 1.02 bits per heavy atom. The molecule has 0 aromatic heterocycles. The third-order valence-corrected chi connectivity index (χ3v) is 20.5. The molecule has 0 bridgehead atoms. The lowest BCUT2D eigenvalue weighted by molar-refractivity contribution is -0.132. The highest BCUT2D eigenvalue weighted by atomic mass is 16.4. The van der Waals surface area contributed by atoms with Gasteiger partial charge in [0.1, 0.15) is 23.0 Å². The lowest BCUT2D eigenvalue weighted by Gasteiger charge is -2.14. The second-order valence-electron chi connectivity index (χ2n) is 30.1. The van der Waals surface area contributed by atoms with Crippen molar-refractivity contribution >= 4 is 72.3 Å². The van der Waals surface area contributed by atoms with Crippen LogP contribution in [0.1, 0.15) is 102 Å². The van der Waals surface area contributed by atoms with Crippen molar-refractivity contribution in [1.82, 2.24) is 0 Å². The Labute approximate surface area is 760 Å². The summed E-state index contributed by atoms with van der Waals surface area (Å²) in [7, 11) is 0. The summed E-state index contributed by atoms with van der Waals surface area (Å²) in [6.45, 7) is 32.3. The summed E-state index contributed by atoms with van der Waals surface area (Å²) < 4.78 is 0. The van der Waals surface area contributed by atoms with Gasteiger partial charge in [-0.25, -0.2) is 28.8 Å². The van der Waals surface area contributed by atoms with Crippen LogP contribution in [0.4, 0.5) is 0 Å². The van der Waals surface area contributed by atoms with Gasteiger partial charge < -0.3 is 51.1 Å². The number of allylic oxidation sites excluding steroid dienone is 7. The van der Waals surface area contributed by atoms with Gasteiger partial charge >= 0.3 is 35.8 Å². The summed E-state index contributed by atoms with van der Waals surface area (Å²) in [6.07, 6.45) is 31.2. The number of carbonyl (C=O) groups is 6. The van der Waals surface area contributed by atoms with Crippen molar-refractivity contribution in [3.05, 3.63) is 443 Å². The number of aryl methyl sites for hydroxylation is 3. The summed E-state index contributed by atoms with van der Waals surface area (Å²) >= 11 is 0. The molecule has 130 heavy (non-hydrogen) atoms. The molecule has 0 fully saturated rings. The number of phenols is 4. The van der Waals surface area contributed by atoms with Gasteiger partial charge in [0, 0.05) is 58.7 Å². The molecule has 0 atom stereocenters. The number of hydrogen-bond acceptors (Lipinski definition) is 10. The van der Waals surface area contributed by atoms with E-state index >= 15 is 0 Å². The Morgan fingerprint density at radius 1 is 0.269 bits per heavy atom. The van der Waals surface area contributed by atoms with Gasteiger partial charge in [0.15, 0.2) is 0 Å². The van der Waals surface area contributed by atoms with Crippen LogP contribution in [0.5, 0.6) is 23.0 Å². The fraction of sp³-hybridized carbons (Fsp3) is 0.105. The maximum absolute atomic E-state index is 10.6. The Bertz CT molecular complexity index is 6300. The quantitative estimate of drug-likeness (QED) is 0.0118. The van der Waals surface area contributed by atoms with E-state index in [-0.39, 0.29) is 23.0 Å². The number of hydrogen-bond donors (Lipinski definition) is 10. The zero-order chi connectivity index (χ0) is 94.9. The molecule has 10 N–H and O–H groups in total. The number of benzene rings is 12. The highest BCUT2D eigenvalue weighted by Gasteiger charge is 2.16. The lowest BCUT2D eigenvalue weighted by atomic mass is 9.91.